The molecule has 4 heteroatoms. The van der Waals surface area contributed by atoms with Crippen molar-refractivity contribution < 1.29 is 9.84 Å². The Kier molecular flexibility index (Phi) is 5.22. The van der Waals surface area contributed by atoms with Crippen LogP contribution in [0, 0.1) is 0 Å². The summed E-state index contributed by atoms with van der Waals surface area (Å²) in [5.74, 6) is 0. The molecule has 0 bridgehead atoms. The number of hydrogen-bond donors (Lipinski definition) is 1. The number of nitrogens with zero attached hydrogens (tertiary/aromatic N) is 1. The molecule has 0 amide bonds. The molecule has 106 valence electrons. The third kappa shape index (κ3) is 4.46. The molecular weight excluding hydrogens is 262 g/mol. The van der Waals surface area contributed by atoms with Gasteiger partial charge in [0.15, 0.2) is 0 Å². The predicted molar refractivity (Wildman–Crippen MR) is 77.5 cm³/mol. The molecule has 1 fully saturated rings. The fourth-order valence-corrected chi connectivity index (χ4v) is 2.85. The van der Waals surface area contributed by atoms with Crippen LogP contribution in [-0.2, 0) is 4.74 Å². The summed E-state index contributed by atoms with van der Waals surface area (Å²) in [7, 11) is 0. The maximum Gasteiger partial charge on any atom is 0.0802 e. The van der Waals surface area contributed by atoms with Crippen LogP contribution in [0.4, 0.5) is 0 Å². The van der Waals surface area contributed by atoms with E-state index in [9.17, 15) is 5.11 Å². The van der Waals surface area contributed by atoms with Gasteiger partial charge in [-0.3, -0.25) is 4.90 Å². The molecule has 0 spiro atoms. The SMILES string of the molecule is C[C@@H]1CN(CCC(O)c2cccc(Cl)c2)C[C@H](C)O1. The molecule has 1 unspecified atom stereocenters. The van der Waals surface area contributed by atoms with E-state index in [2.05, 4.69) is 18.7 Å². The first-order valence-electron chi connectivity index (χ1n) is 6.86. The molecule has 0 radical (unpaired) electrons. The highest BCUT2D eigenvalue weighted by Gasteiger charge is 2.22. The predicted octanol–water partition coefficient (Wildman–Crippen LogP) is 2.87. The molecule has 1 saturated heterocycles. The van der Waals surface area contributed by atoms with Crippen LogP contribution in [0.3, 0.4) is 0 Å². The minimum atomic E-state index is -0.452. The lowest BCUT2D eigenvalue weighted by Gasteiger charge is -2.35. The van der Waals surface area contributed by atoms with Gasteiger partial charge in [-0.15, -0.1) is 0 Å². The number of benzene rings is 1. The molecular formula is C15H22ClNO2. The first-order valence-corrected chi connectivity index (χ1v) is 7.23. The van der Waals surface area contributed by atoms with Crippen LogP contribution in [0.15, 0.2) is 24.3 Å². The van der Waals surface area contributed by atoms with Crippen LogP contribution >= 0.6 is 11.6 Å². The fourth-order valence-electron chi connectivity index (χ4n) is 2.65. The Balaban J connectivity index is 1.84. The zero-order chi connectivity index (χ0) is 13.8. The van der Waals surface area contributed by atoms with E-state index in [1.54, 1.807) is 0 Å². The Morgan fingerprint density at radius 3 is 2.68 bits per heavy atom. The number of rotatable bonds is 4. The molecule has 0 aromatic heterocycles. The smallest absolute Gasteiger partial charge is 0.0802 e. The van der Waals surface area contributed by atoms with Crippen molar-refractivity contribution in [2.75, 3.05) is 19.6 Å². The lowest BCUT2D eigenvalue weighted by molar-refractivity contribution is -0.0702. The Morgan fingerprint density at radius 2 is 2.05 bits per heavy atom. The quantitative estimate of drug-likeness (QED) is 0.922. The third-order valence-corrected chi connectivity index (χ3v) is 3.68. The van der Waals surface area contributed by atoms with Gasteiger partial charge in [0, 0.05) is 24.7 Å². The van der Waals surface area contributed by atoms with Gasteiger partial charge in [0.2, 0.25) is 0 Å². The van der Waals surface area contributed by atoms with Crippen LogP contribution in [0.1, 0.15) is 31.9 Å². The normalized spacial score (nSPS) is 26.3. The van der Waals surface area contributed by atoms with Crippen molar-refractivity contribution in [2.24, 2.45) is 0 Å². The van der Waals surface area contributed by atoms with E-state index >= 15 is 0 Å². The van der Waals surface area contributed by atoms with Crippen LogP contribution in [0.2, 0.25) is 5.02 Å². The number of aliphatic hydroxyl groups is 1. The lowest BCUT2D eigenvalue weighted by atomic mass is 10.1. The van der Waals surface area contributed by atoms with E-state index < -0.39 is 6.10 Å². The standard InChI is InChI=1S/C15H22ClNO2/c1-11-9-17(10-12(2)19-11)7-6-15(18)13-4-3-5-14(16)8-13/h3-5,8,11-12,15,18H,6-7,9-10H2,1-2H3/t11-,12+,15?. The first kappa shape index (κ1) is 14.8. The van der Waals surface area contributed by atoms with Crippen molar-refractivity contribution in [3.63, 3.8) is 0 Å². The number of halogens is 1. The van der Waals surface area contributed by atoms with E-state index in [-0.39, 0.29) is 12.2 Å². The summed E-state index contributed by atoms with van der Waals surface area (Å²) in [5.41, 5.74) is 0.891. The number of hydrogen-bond acceptors (Lipinski definition) is 3. The summed E-state index contributed by atoms with van der Waals surface area (Å²) in [5, 5.41) is 10.9. The summed E-state index contributed by atoms with van der Waals surface area (Å²) in [6, 6.07) is 7.45. The van der Waals surface area contributed by atoms with E-state index in [1.807, 2.05) is 24.3 Å². The van der Waals surface area contributed by atoms with E-state index in [4.69, 9.17) is 16.3 Å². The highest BCUT2D eigenvalue weighted by Crippen LogP contribution is 2.21. The zero-order valence-corrected chi connectivity index (χ0v) is 12.3. The molecule has 3 atom stereocenters. The molecule has 1 aliphatic heterocycles. The summed E-state index contributed by atoms with van der Waals surface area (Å²) in [4.78, 5) is 2.35. The van der Waals surface area contributed by atoms with Gasteiger partial charge in [0.05, 0.1) is 18.3 Å². The maximum absolute atomic E-state index is 10.2. The lowest BCUT2D eigenvalue weighted by Crippen LogP contribution is -2.45. The Morgan fingerprint density at radius 1 is 1.37 bits per heavy atom. The van der Waals surface area contributed by atoms with Crippen molar-refractivity contribution in [3.05, 3.63) is 34.9 Å². The molecule has 0 aliphatic carbocycles. The van der Waals surface area contributed by atoms with Gasteiger partial charge in [0.1, 0.15) is 0 Å². The molecule has 1 aromatic rings. The van der Waals surface area contributed by atoms with Crippen LogP contribution in [0.25, 0.3) is 0 Å². The molecule has 3 nitrogen and oxygen atoms in total. The fraction of sp³-hybridized carbons (Fsp3) is 0.600. The molecule has 0 saturated carbocycles. The molecule has 2 rings (SSSR count). The van der Waals surface area contributed by atoms with Crippen molar-refractivity contribution in [1.82, 2.24) is 4.90 Å². The molecule has 19 heavy (non-hydrogen) atoms. The summed E-state index contributed by atoms with van der Waals surface area (Å²) >= 11 is 5.94. The van der Waals surface area contributed by atoms with Gasteiger partial charge in [-0.25, -0.2) is 0 Å². The first-order chi connectivity index (χ1) is 9.04. The average Bonchev–Trinajstić information content (AvgIpc) is 2.35. The summed E-state index contributed by atoms with van der Waals surface area (Å²) < 4.78 is 5.70. The van der Waals surface area contributed by atoms with Crippen LogP contribution in [-0.4, -0.2) is 41.8 Å². The minimum Gasteiger partial charge on any atom is -0.388 e. The van der Waals surface area contributed by atoms with E-state index in [0.717, 1.165) is 31.6 Å². The van der Waals surface area contributed by atoms with E-state index in [1.165, 1.54) is 0 Å². The average molecular weight is 284 g/mol. The third-order valence-electron chi connectivity index (χ3n) is 3.45. The molecule has 1 N–H and O–H groups in total. The Labute approximate surface area is 120 Å². The van der Waals surface area contributed by atoms with Gasteiger partial charge < -0.3 is 9.84 Å². The topological polar surface area (TPSA) is 32.7 Å². The van der Waals surface area contributed by atoms with Gasteiger partial charge >= 0.3 is 0 Å². The molecule has 1 heterocycles. The van der Waals surface area contributed by atoms with Crippen molar-refractivity contribution >= 4 is 11.6 Å². The van der Waals surface area contributed by atoms with Crippen LogP contribution < -0.4 is 0 Å². The maximum atomic E-state index is 10.2. The summed E-state index contributed by atoms with van der Waals surface area (Å²) in [6.07, 6.45) is 0.811. The second-order valence-corrected chi connectivity index (χ2v) is 5.81. The molecule has 1 aliphatic rings. The van der Waals surface area contributed by atoms with Crippen molar-refractivity contribution in [2.45, 2.75) is 38.6 Å². The Bertz CT molecular complexity index is 403. The number of aliphatic hydroxyl groups excluding tert-OH is 1. The van der Waals surface area contributed by atoms with Crippen molar-refractivity contribution in [3.8, 4) is 0 Å². The number of ether oxygens (including phenoxy) is 1. The second-order valence-electron chi connectivity index (χ2n) is 5.38. The largest absolute Gasteiger partial charge is 0.388 e. The van der Waals surface area contributed by atoms with Crippen molar-refractivity contribution in [1.29, 1.82) is 0 Å². The van der Waals surface area contributed by atoms with Gasteiger partial charge in [-0.1, -0.05) is 23.7 Å². The van der Waals surface area contributed by atoms with Gasteiger partial charge in [-0.2, -0.15) is 0 Å². The summed E-state index contributed by atoms with van der Waals surface area (Å²) in [6.45, 7) is 6.94. The second kappa shape index (κ2) is 6.71. The highest BCUT2D eigenvalue weighted by atomic mass is 35.5. The van der Waals surface area contributed by atoms with Crippen LogP contribution in [0.5, 0.6) is 0 Å². The van der Waals surface area contributed by atoms with Gasteiger partial charge in [-0.05, 0) is 38.0 Å². The highest BCUT2D eigenvalue weighted by molar-refractivity contribution is 6.30. The molecule has 1 aromatic carbocycles. The Hall–Kier alpha value is -0.610. The zero-order valence-electron chi connectivity index (χ0n) is 11.6. The monoisotopic (exact) mass is 283 g/mol. The van der Waals surface area contributed by atoms with E-state index in [0.29, 0.717) is 5.02 Å². The number of morpholine rings is 1. The van der Waals surface area contributed by atoms with Gasteiger partial charge in [0.25, 0.3) is 0 Å². The minimum absolute atomic E-state index is 0.270.